The Hall–Kier alpha value is -2.08. The summed E-state index contributed by atoms with van der Waals surface area (Å²) >= 11 is 1.44. The number of ether oxygens (including phenoxy) is 2. The van der Waals surface area contributed by atoms with Crippen LogP contribution in [0.5, 0.6) is 11.5 Å². The largest absolute Gasteiger partial charge is 0.493 e. The van der Waals surface area contributed by atoms with E-state index in [4.69, 9.17) is 9.47 Å². The average Bonchev–Trinajstić information content (AvgIpc) is 3.18. The molecule has 5 nitrogen and oxygen atoms in total. The van der Waals surface area contributed by atoms with Gasteiger partial charge in [0.2, 0.25) is 0 Å². The molecule has 0 atom stereocenters. The van der Waals surface area contributed by atoms with E-state index in [1.54, 1.807) is 19.6 Å². The topological polar surface area (TPSA) is 60.5 Å². The van der Waals surface area contributed by atoms with Crippen LogP contribution in [-0.2, 0) is 0 Å². The molecule has 1 aromatic carbocycles. The summed E-state index contributed by atoms with van der Waals surface area (Å²) in [6, 6.07) is 5.94. The highest BCUT2D eigenvalue weighted by Gasteiger charge is 2.25. The third kappa shape index (κ3) is 3.00. The van der Waals surface area contributed by atoms with Crippen molar-refractivity contribution in [2.45, 2.75) is 18.9 Å². The van der Waals surface area contributed by atoms with Gasteiger partial charge in [-0.05, 0) is 31.0 Å². The number of nitrogens with one attached hydrogen (secondary N) is 1. The summed E-state index contributed by atoms with van der Waals surface area (Å²) in [6.45, 7) is 0. The number of rotatable bonds is 5. The molecule has 1 aliphatic rings. The molecule has 110 valence electrons. The Morgan fingerprint density at radius 3 is 2.71 bits per heavy atom. The van der Waals surface area contributed by atoms with Crippen molar-refractivity contribution in [3.63, 3.8) is 0 Å². The van der Waals surface area contributed by atoms with Gasteiger partial charge in [0.15, 0.2) is 11.5 Å². The molecular weight excluding hydrogens is 288 g/mol. The van der Waals surface area contributed by atoms with Crippen molar-refractivity contribution in [3.05, 3.63) is 29.3 Å². The number of aromatic nitrogens is 1. The van der Waals surface area contributed by atoms with Crippen LogP contribution in [0.3, 0.4) is 0 Å². The predicted molar refractivity (Wildman–Crippen MR) is 81.1 cm³/mol. The first-order valence-corrected chi connectivity index (χ1v) is 7.58. The molecule has 0 bridgehead atoms. The van der Waals surface area contributed by atoms with Crippen molar-refractivity contribution >= 4 is 17.2 Å². The van der Waals surface area contributed by atoms with Crippen LogP contribution in [0.25, 0.3) is 10.6 Å². The lowest BCUT2D eigenvalue weighted by Gasteiger charge is -2.08. The standard InChI is InChI=1S/C15H16N2O3S/c1-19-12-6-3-9(7-13(12)20-2)15-17-11(8-21-15)14(18)16-10-4-5-10/h3,6-8,10H,4-5H2,1-2H3,(H,16,18). The van der Waals surface area contributed by atoms with Crippen LogP contribution in [0.4, 0.5) is 0 Å². The number of amides is 1. The number of hydrogen-bond acceptors (Lipinski definition) is 5. The Morgan fingerprint density at radius 2 is 2.05 bits per heavy atom. The molecule has 2 aromatic rings. The highest BCUT2D eigenvalue weighted by molar-refractivity contribution is 7.13. The zero-order valence-corrected chi connectivity index (χ0v) is 12.7. The van der Waals surface area contributed by atoms with Crippen LogP contribution < -0.4 is 14.8 Å². The van der Waals surface area contributed by atoms with Gasteiger partial charge in [-0.15, -0.1) is 11.3 Å². The van der Waals surface area contributed by atoms with Gasteiger partial charge >= 0.3 is 0 Å². The van der Waals surface area contributed by atoms with Crippen molar-refractivity contribution < 1.29 is 14.3 Å². The third-order valence-electron chi connectivity index (χ3n) is 3.28. The van der Waals surface area contributed by atoms with E-state index in [2.05, 4.69) is 10.3 Å². The number of carbonyl (C=O) groups excluding carboxylic acids is 1. The summed E-state index contributed by atoms with van der Waals surface area (Å²) in [5.41, 5.74) is 1.37. The van der Waals surface area contributed by atoms with Gasteiger partial charge in [-0.3, -0.25) is 4.79 Å². The number of methoxy groups -OCH3 is 2. The minimum absolute atomic E-state index is 0.0968. The third-order valence-corrected chi connectivity index (χ3v) is 4.17. The number of benzene rings is 1. The normalized spacial score (nSPS) is 13.8. The molecule has 1 heterocycles. The molecule has 6 heteroatoms. The fourth-order valence-corrected chi connectivity index (χ4v) is 2.76. The lowest BCUT2D eigenvalue weighted by molar-refractivity contribution is 0.0947. The molecule has 21 heavy (non-hydrogen) atoms. The molecule has 0 saturated heterocycles. The minimum atomic E-state index is -0.0968. The summed E-state index contributed by atoms with van der Waals surface area (Å²) in [7, 11) is 3.19. The van der Waals surface area contributed by atoms with E-state index < -0.39 is 0 Å². The van der Waals surface area contributed by atoms with E-state index in [9.17, 15) is 4.79 Å². The molecule has 1 fully saturated rings. The van der Waals surface area contributed by atoms with Crippen LogP contribution in [0, 0.1) is 0 Å². The zero-order chi connectivity index (χ0) is 14.8. The first-order chi connectivity index (χ1) is 10.2. The lowest BCUT2D eigenvalue weighted by Crippen LogP contribution is -2.25. The van der Waals surface area contributed by atoms with E-state index in [1.807, 2.05) is 18.2 Å². The Labute approximate surface area is 126 Å². The minimum Gasteiger partial charge on any atom is -0.493 e. The van der Waals surface area contributed by atoms with E-state index in [-0.39, 0.29) is 5.91 Å². The maximum Gasteiger partial charge on any atom is 0.270 e. The second-order valence-corrected chi connectivity index (χ2v) is 5.71. The molecule has 0 aliphatic heterocycles. The van der Waals surface area contributed by atoms with Crippen LogP contribution in [0.1, 0.15) is 23.3 Å². The second-order valence-electron chi connectivity index (χ2n) is 4.86. The van der Waals surface area contributed by atoms with Crippen LogP contribution in [0.2, 0.25) is 0 Å². The molecule has 1 aliphatic carbocycles. The number of thiazole rings is 1. The molecule has 0 radical (unpaired) electrons. The number of hydrogen-bond donors (Lipinski definition) is 1. The van der Waals surface area contributed by atoms with Gasteiger partial charge in [0, 0.05) is 17.0 Å². The quantitative estimate of drug-likeness (QED) is 0.922. The molecule has 1 saturated carbocycles. The van der Waals surface area contributed by atoms with Crippen LogP contribution >= 0.6 is 11.3 Å². The summed E-state index contributed by atoms with van der Waals surface area (Å²) in [4.78, 5) is 16.4. The van der Waals surface area contributed by atoms with E-state index in [1.165, 1.54) is 11.3 Å². The zero-order valence-electron chi connectivity index (χ0n) is 11.9. The highest BCUT2D eigenvalue weighted by atomic mass is 32.1. The first kappa shape index (κ1) is 13.9. The Balaban J connectivity index is 1.83. The highest BCUT2D eigenvalue weighted by Crippen LogP contribution is 2.33. The first-order valence-electron chi connectivity index (χ1n) is 6.70. The maximum absolute atomic E-state index is 12.0. The van der Waals surface area contributed by atoms with Gasteiger partial charge in [-0.1, -0.05) is 0 Å². The predicted octanol–water partition coefficient (Wildman–Crippen LogP) is 2.72. The molecule has 3 rings (SSSR count). The van der Waals surface area contributed by atoms with Gasteiger partial charge in [0.1, 0.15) is 10.7 Å². The van der Waals surface area contributed by atoms with Gasteiger partial charge in [0.25, 0.3) is 5.91 Å². The van der Waals surface area contributed by atoms with Gasteiger partial charge in [-0.25, -0.2) is 4.98 Å². The van der Waals surface area contributed by atoms with Crippen molar-refractivity contribution in [2.24, 2.45) is 0 Å². The SMILES string of the molecule is COc1ccc(-c2nc(C(=O)NC3CC3)cs2)cc1OC. The van der Waals surface area contributed by atoms with Crippen LogP contribution in [-0.4, -0.2) is 31.2 Å². The molecule has 1 N–H and O–H groups in total. The van der Waals surface area contributed by atoms with Crippen LogP contribution in [0.15, 0.2) is 23.6 Å². The van der Waals surface area contributed by atoms with Crippen molar-refractivity contribution in [2.75, 3.05) is 14.2 Å². The number of carbonyl (C=O) groups is 1. The molecule has 1 amide bonds. The number of nitrogens with zero attached hydrogens (tertiary/aromatic N) is 1. The van der Waals surface area contributed by atoms with E-state index in [0.717, 1.165) is 23.4 Å². The lowest BCUT2D eigenvalue weighted by atomic mass is 10.2. The molecule has 0 unspecified atom stereocenters. The summed E-state index contributed by atoms with van der Waals surface area (Å²) < 4.78 is 10.5. The van der Waals surface area contributed by atoms with Crippen molar-refractivity contribution in [1.82, 2.24) is 10.3 Å². The fraction of sp³-hybridized carbons (Fsp3) is 0.333. The Bertz CT molecular complexity index is 665. The van der Waals surface area contributed by atoms with Crippen molar-refractivity contribution in [3.8, 4) is 22.1 Å². The van der Waals surface area contributed by atoms with Gasteiger partial charge in [-0.2, -0.15) is 0 Å². The monoisotopic (exact) mass is 304 g/mol. The maximum atomic E-state index is 12.0. The summed E-state index contributed by atoms with van der Waals surface area (Å²) in [5.74, 6) is 1.22. The van der Waals surface area contributed by atoms with E-state index in [0.29, 0.717) is 23.2 Å². The van der Waals surface area contributed by atoms with E-state index >= 15 is 0 Å². The smallest absolute Gasteiger partial charge is 0.270 e. The van der Waals surface area contributed by atoms with Gasteiger partial charge < -0.3 is 14.8 Å². The Morgan fingerprint density at radius 1 is 1.29 bits per heavy atom. The molecular formula is C15H16N2O3S. The van der Waals surface area contributed by atoms with Gasteiger partial charge in [0.05, 0.1) is 14.2 Å². The fourth-order valence-electron chi connectivity index (χ4n) is 1.97. The second kappa shape index (κ2) is 5.73. The summed E-state index contributed by atoms with van der Waals surface area (Å²) in [6.07, 6.45) is 2.14. The molecule has 1 aromatic heterocycles. The van der Waals surface area contributed by atoms with Crippen molar-refractivity contribution in [1.29, 1.82) is 0 Å². The summed E-state index contributed by atoms with van der Waals surface area (Å²) in [5, 5.41) is 5.51. The molecule has 0 spiro atoms. The average molecular weight is 304 g/mol. The Kier molecular flexibility index (Phi) is 3.79.